The average Bonchev–Trinajstić information content (AvgIpc) is 2.34. The van der Waals surface area contributed by atoms with Gasteiger partial charge in [0.25, 0.3) is 0 Å². The minimum Gasteiger partial charge on any atom is -0.380 e. The van der Waals surface area contributed by atoms with E-state index >= 15 is 0 Å². The molecule has 0 amide bonds. The van der Waals surface area contributed by atoms with Crippen molar-refractivity contribution in [3.63, 3.8) is 0 Å². The number of nitrogens with one attached hydrogen (secondary N) is 1. The lowest BCUT2D eigenvalue weighted by atomic mass is 10.1. The molecule has 0 aliphatic heterocycles. The van der Waals surface area contributed by atoms with Crippen LogP contribution < -0.4 is 5.32 Å². The number of hydrogen-bond donors (Lipinski definition) is 1. The van der Waals surface area contributed by atoms with Gasteiger partial charge in [0, 0.05) is 22.8 Å². The molecule has 0 spiro atoms. The maximum Gasteiger partial charge on any atom is 0.0591 e. The van der Waals surface area contributed by atoms with Crippen molar-refractivity contribution in [1.82, 2.24) is 5.32 Å². The fraction of sp³-hybridized carbons (Fsp3) is 0.600. The van der Waals surface area contributed by atoms with Gasteiger partial charge in [-0.1, -0.05) is 26.0 Å². The fourth-order valence-electron chi connectivity index (χ4n) is 1.64. The van der Waals surface area contributed by atoms with Crippen molar-refractivity contribution in [1.29, 1.82) is 0 Å². The summed E-state index contributed by atoms with van der Waals surface area (Å²) in [5.74, 6) is 0.726. The summed E-state index contributed by atoms with van der Waals surface area (Å²) >= 11 is 2.33. The van der Waals surface area contributed by atoms with E-state index in [1.807, 2.05) is 0 Å². The zero-order valence-corrected chi connectivity index (χ0v) is 13.7. The predicted molar refractivity (Wildman–Crippen MR) is 85.9 cm³/mol. The highest BCUT2D eigenvalue weighted by Gasteiger charge is 2.03. The minimum absolute atomic E-state index is 0.385. The molecule has 0 fully saturated rings. The van der Waals surface area contributed by atoms with Crippen LogP contribution in [0.15, 0.2) is 24.3 Å². The molecule has 0 bridgehead atoms. The third-order valence-corrected chi connectivity index (χ3v) is 3.63. The molecule has 0 aromatic heterocycles. The Kier molecular flexibility index (Phi) is 7.86. The summed E-state index contributed by atoms with van der Waals surface area (Å²) in [4.78, 5) is 0. The Bertz CT molecular complexity index is 324. The maximum absolute atomic E-state index is 5.59. The van der Waals surface area contributed by atoms with Crippen LogP contribution in [0, 0.1) is 9.49 Å². The Hall–Kier alpha value is -0.130. The van der Waals surface area contributed by atoms with Gasteiger partial charge < -0.3 is 10.1 Å². The van der Waals surface area contributed by atoms with E-state index in [-0.39, 0.29) is 0 Å². The monoisotopic (exact) mass is 361 g/mol. The van der Waals surface area contributed by atoms with Crippen molar-refractivity contribution in [2.75, 3.05) is 19.8 Å². The second kappa shape index (κ2) is 8.88. The number of halogens is 1. The summed E-state index contributed by atoms with van der Waals surface area (Å²) in [5, 5.41) is 3.48. The molecule has 0 heterocycles. The first kappa shape index (κ1) is 15.9. The van der Waals surface area contributed by atoms with Gasteiger partial charge in [-0.25, -0.2) is 0 Å². The normalized spacial score (nSPS) is 12.9. The molecule has 18 heavy (non-hydrogen) atoms. The van der Waals surface area contributed by atoms with Gasteiger partial charge >= 0.3 is 0 Å². The zero-order chi connectivity index (χ0) is 13.4. The molecule has 3 heteroatoms. The molecular formula is C15H24INO. The van der Waals surface area contributed by atoms with Gasteiger partial charge in [-0.2, -0.15) is 0 Å². The van der Waals surface area contributed by atoms with Gasteiger partial charge in [0.2, 0.25) is 0 Å². The Morgan fingerprint density at radius 3 is 2.39 bits per heavy atom. The van der Waals surface area contributed by atoms with Crippen LogP contribution in [-0.2, 0) is 4.74 Å². The molecule has 1 atom stereocenters. The molecule has 1 aromatic rings. The van der Waals surface area contributed by atoms with Crippen molar-refractivity contribution in [2.45, 2.75) is 33.2 Å². The molecule has 0 radical (unpaired) electrons. The Morgan fingerprint density at radius 1 is 1.11 bits per heavy atom. The predicted octanol–water partition coefficient (Wildman–Crippen LogP) is 4.00. The molecule has 0 saturated carbocycles. The molecule has 1 N–H and O–H groups in total. The van der Waals surface area contributed by atoms with Crippen molar-refractivity contribution < 1.29 is 4.74 Å². The van der Waals surface area contributed by atoms with E-state index in [4.69, 9.17) is 4.74 Å². The van der Waals surface area contributed by atoms with Gasteiger partial charge in [0.15, 0.2) is 0 Å². The van der Waals surface area contributed by atoms with Gasteiger partial charge in [-0.05, 0) is 59.5 Å². The number of rotatable bonds is 8. The lowest BCUT2D eigenvalue weighted by Gasteiger charge is -2.14. The lowest BCUT2D eigenvalue weighted by molar-refractivity contribution is 0.123. The van der Waals surface area contributed by atoms with Crippen LogP contribution in [0.4, 0.5) is 0 Å². The molecule has 102 valence electrons. The van der Waals surface area contributed by atoms with E-state index in [2.05, 4.69) is 72.9 Å². The van der Waals surface area contributed by atoms with Crippen LogP contribution in [0.2, 0.25) is 0 Å². The van der Waals surface area contributed by atoms with Crippen LogP contribution in [0.3, 0.4) is 0 Å². The minimum atomic E-state index is 0.385. The Balaban J connectivity index is 2.13. The van der Waals surface area contributed by atoms with Gasteiger partial charge in [-0.15, -0.1) is 0 Å². The highest BCUT2D eigenvalue weighted by atomic mass is 127. The fourth-order valence-corrected chi connectivity index (χ4v) is 2.00. The van der Waals surface area contributed by atoms with Crippen LogP contribution in [-0.4, -0.2) is 19.8 Å². The van der Waals surface area contributed by atoms with Crippen molar-refractivity contribution in [3.05, 3.63) is 33.4 Å². The van der Waals surface area contributed by atoms with Crippen LogP contribution in [0.1, 0.15) is 38.8 Å². The van der Waals surface area contributed by atoms with Crippen LogP contribution in [0.25, 0.3) is 0 Å². The van der Waals surface area contributed by atoms with Gasteiger partial charge in [0.1, 0.15) is 0 Å². The van der Waals surface area contributed by atoms with E-state index in [1.165, 1.54) is 9.13 Å². The molecule has 0 aliphatic carbocycles. The first-order valence-corrected chi connectivity index (χ1v) is 7.74. The van der Waals surface area contributed by atoms with E-state index < -0.39 is 0 Å². The smallest absolute Gasteiger partial charge is 0.0591 e. The number of benzene rings is 1. The summed E-state index contributed by atoms with van der Waals surface area (Å²) in [5.41, 5.74) is 1.33. The third-order valence-electron chi connectivity index (χ3n) is 2.91. The topological polar surface area (TPSA) is 21.3 Å². The standard InChI is InChI=1S/C15H24INO/c1-12(2)8-10-18-11-9-17-13(3)14-4-6-15(16)7-5-14/h4-7,12-13,17H,8-11H2,1-3H3. The van der Waals surface area contributed by atoms with Crippen molar-refractivity contribution in [3.8, 4) is 0 Å². The molecule has 1 rings (SSSR count). The molecular weight excluding hydrogens is 337 g/mol. The summed E-state index contributed by atoms with van der Waals surface area (Å²) < 4.78 is 6.86. The Labute approximate surface area is 125 Å². The molecule has 1 unspecified atom stereocenters. The SMILES string of the molecule is CC(C)CCOCCNC(C)c1ccc(I)cc1. The van der Waals surface area contributed by atoms with E-state index in [0.717, 1.165) is 32.1 Å². The second-order valence-electron chi connectivity index (χ2n) is 5.02. The summed E-state index contributed by atoms with van der Waals surface area (Å²) in [6.45, 7) is 9.21. The summed E-state index contributed by atoms with van der Waals surface area (Å²) in [7, 11) is 0. The first-order valence-electron chi connectivity index (χ1n) is 6.66. The van der Waals surface area contributed by atoms with Crippen molar-refractivity contribution >= 4 is 22.6 Å². The van der Waals surface area contributed by atoms with E-state index in [0.29, 0.717) is 6.04 Å². The molecule has 0 aliphatic rings. The summed E-state index contributed by atoms with van der Waals surface area (Å²) in [6, 6.07) is 9.04. The number of hydrogen-bond acceptors (Lipinski definition) is 2. The largest absolute Gasteiger partial charge is 0.380 e. The first-order chi connectivity index (χ1) is 8.59. The van der Waals surface area contributed by atoms with Crippen LogP contribution >= 0.6 is 22.6 Å². The molecule has 0 saturated heterocycles. The van der Waals surface area contributed by atoms with Gasteiger partial charge in [0.05, 0.1) is 6.61 Å². The Morgan fingerprint density at radius 2 is 1.78 bits per heavy atom. The lowest BCUT2D eigenvalue weighted by Crippen LogP contribution is -2.23. The highest BCUT2D eigenvalue weighted by molar-refractivity contribution is 14.1. The zero-order valence-electron chi connectivity index (χ0n) is 11.6. The van der Waals surface area contributed by atoms with Crippen molar-refractivity contribution in [2.24, 2.45) is 5.92 Å². The van der Waals surface area contributed by atoms with Gasteiger partial charge in [-0.3, -0.25) is 0 Å². The maximum atomic E-state index is 5.59. The van der Waals surface area contributed by atoms with E-state index in [9.17, 15) is 0 Å². The average molecular weight is 361 g/mol. The quantitative estimate of drug-likeness (QED) is 0.558. The van der Waals surface area contributed by atoms with E-state index in [1.54, 1.807) is 0 Å². The van der Waals surface area contributed by atoms with Crippen LogP contribution in [0.5, 0.6) is 0 Å². The molecule has 1 aromatic carbocycles. The molecule has 2 nitrogen and oxygen atoms in total. The number of ether oxygens (including phenoxy) is 1. The third kappa shape index (κ3) is 6.71. The second-order valence-corrected chi connectivity index (χ2v) is 6.27. The highest BCUT2D eigenvalue weighted by Crippen LogP contribution is 2.14. The summed E-state index contributed by atoms with van der Waals surface area (Å²) in [6.07, 6.45) is 1.15.